The summed E-state index contributed by atoms with van der Waals surface area (Å²) < 4.78 is 5.23. The van der Waals surface area contributed by atoms with E-state index in [0.717, 1.165) is 5.69 Å². The molecule has 248 valence electrons. The van der Waals surface area contributed by atoms with Crippen LogP contribution in [0.15, 0.2) is 188 Å². The molecule has 0 aliphatic carbocycles. The lowest BCUT2D eigenvalue weighted by Crippen LogP contribution is -2.12. The molecule has 53 heavy (non-hydrogen) atoms. The SMILES string of the molecule is c1ccc(-c2ccc3c(sc4ccccc43)c2N(c2ccc(-c3ccc4sc5ccccc5c4c3)cc2)c2cc3ccccc3c3ccccc23)cc1. The van der Waals surface area contributed by atoms with Gasteiger partial charge in [0.05, 0.1) is 16.1 Å². The molecule has 9 aromatic carbocycles. The third kappa shape index (κ3) is 4.89. The van der Waals surface area contributed by atoms with E-state index in [2.05, 4.69) is 193 Å². The Morgan fingerprint density at radius 2 is 0.943 bits per heavy atom. The molecule has 0 spiro atoms. The molecule has 0 saturated heterocycles. The van der Waals surface area contributed by atoms with E-state index in [4.69, 9.17) is 0 Å². The minimum Gasteiger partial charge on any atom is -0.308 e. The fourth-order valence-electron chi connectivity index (χ4n) is 8.16. The molecule has 0 saturated carbocycles. The van der Waals surface area contributed by atoms with Crippen LogP contribution in [-0.2, 0) is 0 Å². The molecule has 1 nitrogen and oxygen atoms in total. The van der Waals surface area contributed by atoms with Crippen LogP contribution in [0, 0.1) is 0 Å². The fourth-order valence-corrected chi connectivity index (χ4v) is 10.5. The Morgan fingerprint density at radius 1 is 0.340 bits per heavy atom. The van der Waals surface area contributed by atoms with Crippen LogP contribution in [0.4, 0.5) is 17.1 Å². The molecule has 0 aliphatic rings. The monoisotopic (exact) mass is 709 g/mol. The van der Waals surface area contributed by atoms with Crippen molar-refractivity contribution in [1.29, 1.82) is 0 Å². The van der Waals surface area contributed by atoms with Gasteiger partial charge in [-0.1, -0.05) is 146 Å². The van der Waals surface area contributed by atoms with Gasteiger partial charge in [-0.2, -0.15) is 0 Å². The van der Waals surface area contributed by atoms with Crippen LogP contribution in [-0.4, -0.2) is 0 Å². The van der Waals surface area contributed by atoms with Crippen molar-refractivity contribution in [2.45, 2.75) is 0 Å². The first kappa shape index (κ1) is 30.4. The molecule has 11 rings (SSSR count). The maximum Gasteiger partial charge on any atom is 0.0718 e. The minimum atomic E-state index is 1.12. The zero-order valence-electron chi connectivity index (χ0n) is 28.7. The molecule has 0 unspecified atom stereocenters. The Hall–Kier alpha value is -6.26. The zero-order chi connectivity index (χ0) is 34.9. The number of benzene rings is 9. The van der Waals surface area contributed by atoms with Gasteiger partial charge in [-0.05, 0) is 75.3 Å². The van der Waals surface area contributed by atoms with Crippen molar-refractivity contribution in [2.24, 2.45) is 0 Å². The van der Waals surface area contributed by atoms with Gasteiger partial charge in [-0.15, -0.1) is 22.7 Å². The van der Waals surface area contributed by atoms with Gasteiger partial charge < -0.3 is 4.90 Å². The maximum atomic E-state index is 2.54. The minimum absolute atomic E-state index is 1.12. The number of hydrogen-bond donors (Lipinski definition) is 0. The van der Waals surface area contributed by atoms with Crippen LogP contribution in [0.5, 0.6) is 0 Å². The first-order valence-corrected chi connectivity index (χ1v) is 19.6. The van der Waals surface area contributed by atoms with Crippen LogP contribution < -0.4 is 4.90 Å². The molecule has 3 heteroatoms. The summed E-state index contributed by atoms with van der Waals surface area (Å²) >= 11 is 3.75. The van der Waals surface area contributed by atoms with Gasteiger partial charge in [0.15, 0.2) is 0 Å². The highest BCUT2D eigenvalue weighted by atomic mass is 32.1. The molecule has 0 atom stereocenters. The molecule has 0 bridgehead atoms. The van der Waals surface area contributed by atoms with E-state index in [1.54, 1.807) is 0 Å². The molecule has 0 radical (unpaired) electrons. The van der Waals surface area contributed by atoms with Gasteiger partial charge in [0.25, 0.3) is 0 Å². The third-order valence-electron chi connectivity index (χ3n) is 10.7. The summed E-state index contributed by atoms with van der Waals surface area (Å²) in [6.45, 7) is 0. The molecule has 0 aliphatic heterocycles. The number of hydrogen-bond acceptors (Lipinski definition) is 3. The van der Waals surface area contributed by atoms with E-state index in [1.807, 2.05) is 22.7 Å². The standard InChI is InChI=1S/C50H31NS2/c1-2-12-33(13-3-1)38-27-28-43-41-18-8-11-21-47(41)53-50(43)49(38)51(45-31-35-14-4-5-15-37(35)39-16-6-7-17-40(39)45)36-25-22-32(23-26-36)34-24-29-48-44(30-34)42-19-9-10-20-46(42)52-48/h1-31H. The highest BCUT2D eigenvalue weighted by Gasteiger charge is 2.25. The second-order valence-electron chi connectivity index (χ2n) is 13.7. The van der Waals surface area contributed by atoms with Gasteiger partial charge in [-0.3, -0.25) is 0 Å². The average Bonchev–Trinajstić information content (AvgIpc) is 3.80. The summed E-state index contributed by atoms with van der Waals surface area (Å²) in [4.78, 5) is 2.54. The Labute approximate surface area is 315 Å². The predicted molar refractivity (Wildman–Crippen MR) is 233 cm³/mol. The van der Waals surface area contributed by atoms with E-state index >= 15 is 0 Å². The summed E-state index contributed by atoms with van der Waals surface area (Å²) in [6.07, 6.45) is 0. The average molecular weight is 710 g/mol. The third-order valence-corrected chi connectivity index (χ3v) is 13.0. The van der Waals surface area contributed by atoms with Crippen molar-refractivity contribution in [2.75, 3.05) is 4.90 Å². The zero-order valence-corrected chi connectivity index (χ0v) is 30.3. The van der Waals surface area contributed by atoms with Crippen LogP contribution >= 0.6 is 22.7 Å². The summed E-state index contributed by atoms with van der Waals surface area (Å²) in [5, 5.41) is 10.2. The lowest BCUT2D eigenvalue weighted by Gasteiger charge is -2.30. The summed E-state index contributed by atoms with van der Waals surface area (Å²) in [5.74, 6) is 0. The Kier molecular flexibility index (Phi) is 6.97. The molecular weight excluding hydrogens is 679 g/mol. The maximum absolute atomic E-state index is 2.54. The topological polar surface area (TPSA) is 3.24 Å². The largest absolute Gasteiger partial charge is 0.308 e. The lowest BCUT2D eigenvalue weighted by molar-refractivity contribution is 1.32. The van der Waals surface area contributed by atoms with Gasteiger partial charge in [0.1, 0.15) is 0 Å². The van der Waals surface area contributed by atoms with Crippen molar-refractivity contribution in [3.8, 4) is 22.3 Å². The molecule has 0 N–H and O–H groups in total. The van der Waals surface area contributed by atoms with Crippen molar-refractivity contribution in [3.05, 3.63) is 188 Å². The van der Waals surface area contributed by atoms with E-state index in [-0.39, 0.29) is 0 Å². The first-order valence-electron chi connectivity index (χ1n) is 18.0. The van der Waals surface area contributed by atoms with Gasteiger partial charge in [0, 0.05) is 52.3 Å². The Balaban J connectivity index is 1.20. The summed E-state index contributed by atoms with van der Waals surface area (Å²) in [7, 11) is 0. The molecule has 2 heterocycles. The summed E-state index contributed by atoms with van der Waals surface area (Å²) in [6, 6.07) is 69.3. The molecule has 2 aromatic heterocycles. The normalized spacial score (nSPS) is 11.8. The van der Waals surface area contributed by atoms with E-state index in [9.17, 15) is 0 Å². The number of fused-ring (bicyclic) bond motifs is 9. The lowest BCUT2D eigenvalue weighted by atomic mass is 9.96. The van der Waals surface area contributed by atoms with Gasteiger partial charge in [-0.25, -0.2) is 0 Å². The van der Waals surface area contributed by atoms with Crippen molar-refractivity contribution in [3.63, 3.8) is 0 Å². The second-order valence-corrected chi connectivity index (χ2v) is 15.8. The fraction of sp³-hybridized carbons (Fsp3) is 0. The molecular formula is C50H31NS2. The Bertz CT molecular complexity index is 3170. The smallest absolute Gasteiger partial charge is 0.0718 e. The first-order chi connectivity index (χ1) is 26.3. The summed E-state index contributed by atoms with van der Waals surface area (Å²) in [5.41, 5.74) is 8.34. The van der Waals surface area contributed by atoms with Crippen LogP contribution in [0.2, 0.25) is 0 Å². The number of anilines is 3. The van der Waals surface area contributed by atoms with E-state index in [0.29, 0.717) is 0 Å². The highest BCUT2D eigenvalue weighted by molar-refractivity contribution is 7.26. The van der Waals surface area contributed by atoms with Crippen molar-refractivity contribution < 1.29 is 0 Å². The van der Waals surface area contributed by atoms with Crippen LogP contribution in [0.1, 0.15) is 0 Å². The van der Waals surface area contributed by atoms with Crippen molar-refractivity contribution >= 4 is 102 Å². The Morgan fingerprint density at radius 3 is 1.74 bits per heavy atom. The molecule has 0 amide bonds. The van der Waals surface area contributed by atoms with Crippen molar-refractivity contribution in [1.82, 2.24) is 0 Å². The van der Waals surface area contributed by atoms with Gasteiger partial charge >= 0.3 is 0 Å². The molecule has 0 fully saturated rings. The highest BCUT2D eigenvalue weighted by Crippen LogP contribution is 2.51. The second kappa shape index (κ2) is 12.2. The van der Waals surface area contributed by atoms with E-state index < -0.39 is 0 Å². The van der Waals surface area contributed by atoms with Crippen LogP contribution in [0.3, 0.4) is 0 Å². The number of thiophene rings is 2. The number of nitrogens with zero attached hydrogens (tertiary/aromatic N) is 1. The van der Waals surface area contributed by atoms with Gasteiger partial charge in [0.2, 0.25) is 0 Å². The predicted octanol–water partition coefficient (Wildman–Crippen LogP) is 15.5. The number of rotatable bonds is 5. The van der Waals surface area contributed by atoms with E-state index in [1.165, 1.54) is 95.5 Å². The quantitative estimate of drug-likeness (QED) is 0.161. The molecule has 11 aromatic rings. The van der Waals surface area contributed by atoms with Crippen LogP contribution in [0.25, 0.3) is 84.1 Å².